The quantitative estimate of drug-likeness (QED) is 0.445. The lowest BCUT2D eigenvalue weighted by Gasteiger charge is -2.16. The van der Waals surface area contributed by atoms with E-state index in [1.54, 1.807) is 0 Å². The number of carbonyl (C=O) groups excluding carboxylic acids is 2. The third-order valence-corrected chi connectivity index (χ3v) is 2.21. The number of amides is 2. The number of nitrogens with zero attached hydrogens (tertiary/aromatic N) is 1. The van der Waals surface area contributed by atoms with Crippen LogP contribution in [0.25, 0.3) is 0 Å². The second-order valence-corrected chi connectivity index (χ2v) is 4.02. The van der Waals surface area contributed by atoms with E-state index in [0.29, 0.717) is 13.1 Å². The summed E-state index contributed by atoms with van der Waals surface area (Å²) in [6.07, 6.45) is 0. The van der Waals surface area contributed by atoms with Gasteiger partial charge < -0.3 is 20.9 Å². The molecule has 17 heavy (non-hydrogen) atoms. The number of hydrogen-bond donors (Lipinski definition) is 3. The molecule has 0 aliphatic rings. The molecule has 6 heteroatoms. The molecule has 0 radical (unpaired) electrons. The van der Waals surface area contributed by atoms with Crippen molar-refractivity contribution in [2.24, 2.45) is 0 Å². The smallest absolute Gasteiger partial charge is 0.216 e. The predicted molar refractivity (Wildman–Crippen MR) is 67.7 cm³/mol. The zero-order valence-electron chi connectivity index (χ0n) is 11.0. The van der Waals surface area contributed by atoms with Gasteiger partial charge in [0.15, 0.2) is 0 Å². The molecular formula is C11H24N4O2. The lowest BCUT2D eigenvalue weighted by molar-refractivity contribution is -0.119. The lowest BCUT2D eigenvalue weighted by atomic mass is 10.4. The van der Waals surface area contributed by atoms with Crippen LogP contribution in [0.2, 0.25) is 0 Å². The highest BCUT2D eigenvalue weighted by molar-refractivity contribution is 5.73. The summed E-state index contributed by atoms with van der Waals surface area (Å²) in [5, 5.41) is 8.70. The SMILES string of the molecule is CC(=O)NCCNCCN(C)CCNC(C)=O. The van der Waals surface area contributed by atoms with Crippen LogP contribution in [0.5, 0.6) is 0 Å². The highest BCUT2D eigenvalue weighted by atomic mass is 16.2. The third-order valence-electron chi connectivity index (χ3n) is 2.21. The number of likely N-dealkylation sites (N-methyl/N-ethyl adjacent to an activating group) is 1. The molecule has 0 aromatic carbocycles. The molecule has 0 atom stereocenters. The van der Waals surface area contributed by atoms with Crippen molar-refractivity contribution in [1.29, 1.82) is 0 Å². The summed E-state index contributed by atoms with van der Waals surface area (Å²) in [5.41, 5.74) is 0. The van der Waals surface area contributed by atoms with Crippen molar-refractivity contribution >= 4 is 11.8 Å². The van der Waals surface area contributed by atoms with Gasteiger partial charge in [0, 0.05) is 53.1 Å². The van der Waals surface area contributed by atoms with Gasteiger partial charge in [0.05, 0.1) is 0 Å². The molecule has 0 saturated carbocycles. The summed E-state index contributed by atoms with van der Waals surface area (Å²) in [5.74, 6) is 0.00561. The van der Waals surface area contributed by atoms with Crippen LogP contribution in [0.1, 0.15) is 13.8 Å². The summed E-state index contributed by atoms with van der Waals surface area (Å²) in [7, 11) is 2.01. The van der Waals surface area contributed by atoms with Crippen molar-refractivity contribution in [3.05, 3.63) is 0 Å². The maximum Gasteiger partial charge on any atom is 0.216 e. The fourth-order valence-corrected chi connectivity index (χ4v) is 1.26. The van der Waals surface area contributed by atoms with E-state index in [0.717, 1.165) is 26.2 Å². The van der Waals surface area contributed by atoms with Crippen molar-refractivity contribution < 1.29 is 9.59 Å². The van der Waals surface area contributed by atoms with Gasteiger partial charge in [-0.1, -0.05) is 0 Å². The number of rotatable bonds is 9. The molecule has 0 heterocycles. The van der Waals surface area contributed by atoms with E-state index in [4.69, 9.17) is 0 Å². The normalized spacial score (nSPS) is 10.4. The average Bonchev–Trinajstić information content (AvgIpc) is 2.22. The van der Waals surface area contributed by atoms with Gasteiger partial charge in [-0.3, -0.25) is 9.59 Å². The second kappa shape index (κ2) is 10.0. The van der Waals surface area contributed by atoms with Gasteiger partial charge in [0.2, 0.25) is 11.8 Å². The Morgan fingerprint density at radius 1 is 0.882 bits per heavy atom. The van der Waals surface area contributed by atoms with Crippen LogP contribution < -0.4 is 16.0 Å². The van der Waals surface area contributed by atoms with Gasteiger partial charge in [-0.25, -0.2) is 0 Å². The van der Waals surface area contributed by atoms with E-state index >= 15 is 0 Å². The minimum absolute atomic E-state index is 0.000717. The molecule has 0 fully saturated rings. The third kappa shape index (κ3) is 12.8. The largest absolute Gasteiger partial charge is 0.355 e. The molecule has 2 amide bonds. The van der Waals surface area contributed by atoms with E-state index in [9.17, 15) is 9.59 Å². The van der Waals surface area contributed by atoms with Gasteiger partial charge in [-0.2, -0.15) is 0 Å². The molecule has 0 rings (SSSR count). The summed E-state index contributed by atoms with van der Waals surface area (Å²) in [6.45, 7) is 7.77. The number of nitrogens with one attached hydrogen (secondary N) is 3. The van der Waals surface area contributed by atoms with E-state index in [1.807, 2.05) is 7.05 Å². The average molecular weight is 244 g/mol. The van der Waals surface area contributed by atoms with E-state index < -0.39 is 0 Å². The van der Waals surface area contributed by atoms with E-state index in [2.05, 4.69) is 20.9 Å². The first-order valence-electron chi connectivity index (χ1n) is 5.90. The van der Waals surface area contributed by atoms with Crippen molar-refractivity contribution in [2.45, 2.75) is 13.8 Å². The zero-order valence-corrected chi connectivity index (χ0v) is 11.0. The monoisotopic (exact) mass is 244 g/mol. The van der Waals surface area contributed by atoms with Crippen LogP contribution in [0, 0.1) is 0 Å². The minimum Gasteiger partial charge on any atom is -0.355 e. The highest BCUT2D eigenvalue weighted by Crippen LogP contribution is 1.79. The first-order chi connectivity index (χ1) is 8.02. The van der Waals surface area contributed by atoms with Crippen LogP contribution in [0.15, 0.2) is 0 Å². The van der Waals surface area contributed by atoms with E-state index in [-0.39, 0.29) is 11.8 Å². The molecule has 0 aliphatic heterocycles. The predicted octanol–water partition coefficient (Wildman–Crippen LogP) is -1.22. The summed E-state index contributed by atoms with van der Waals surface area (Å²) in [6, 6.07) is 0. The first-order valence-corrected chi connectivity index (χ1v) is 5.90. The Labute approximate surface area is 103 Å². The van der Waals surface area contributed by atoms with Crippen molar-refractivity contribution in [1.82, 2.24) is 20.9 Å². The Hall–Kier alpha value is -1.14. The molecule has 0 aromatic rings. The maximum atomic E-state index is 10.6. The Morgan fingerprint density at radius 2 is 1.41 bits per heavy atom. The van der Waals surface area contributed by atoms with Gasteiger partial charge in [-0.15, -0.1) is 0 Å². The number of hydrogen-bond acceptors (Lipinski definition) is 4. The summed E-state index contributed by atoms with van der Waals surface area (Å²) < 4.78 is 0. The molecule has 0 saturated heterocycles. The Kier molecular flexibility index (Phi) is 9.37. The molecule has 0 bridgehead atoms. The van der Waals surface area contributed by atoms with Crippen LogP contribution >= 0.6 is 0 Å². The van der Waals surface area contributed by atoms with Crippen LogP contribution in [0.3, 0.4) is 0 Å². The zero-order chi connectivity index (χ0) is 13.1. The van der Waals surface area contributed by atoms with E-state index in [1.165, 1.54) is 13.8 Å². The standard InChI is InChI=1S/C11H24N4O2/c1-10(16)13-5-4-12-6-8-15(3)9-7-14-11(2)17/h12H,4-9H2,1-3H3,(H,13,16)(H,14,17). The fourth-order valence-electron chi connectivity index (χ4n) is 1.26. The highest BCUT2D eigenvalue weighted by Gasteiger charge is 1.98. The molecular weight excluding hydrogens is 220 g/mol. The Balaban J connectivity index is 3.24. The molecule has 3 N–H and O–H groups in total. The Bertz CT molecular complexity index is 234. The van der Waals surface area contributed by atoms with Crippen LogP contribution in [-0.4, -0.2) is 63.0 Å². The van der Waals surface area contributed by atoms with Gasteiger partial charge >= 0.3 is 0 Å². The maximum absolute atomic E-state index is 10.6. The molecule has 0 spiro atoms. The van der Waals surface area contributed by atoms with Crippen molar-refractivity contribution in [3.8, 4) is 0 Å². The fraction of sp³-hybridized carbons (Fsp3) is 0.818. The summed E-state index contributed by atoms with van der Waals surface area (Å²) in [4.78, 5) is 23.4. The molecule has 6 nitrogen and oxygen atoms in total. The topological polar surface area (TPSA) is 73.5 Å². The van der Waals surface area contributed by atoms with Gasteiger partial charge in [0.25, 0.3) is 0 Å². The van der Waals surface area contributed by atoms with Crippen molar-refractivity contribution in [3.63, 3.8) is 0 Å². The van der Waals surface area contributed by atoms with Crippen LogP contribution in [0.4, 0.5) is 0 Å². The first kappa shape index (κ1) is 15.9. The lowest BCUT2D eigenvalue weighted by Crippen LogP contribution is -2.37. The Morgan fingerprint density at radius 3 is 2.00 bits per heavy atom. The molecule has 100 valence electrons. The molecule has 0 unspecified atom stereocenters. The van der Waals surface area contributed by atoms with Gasteiger partial charge in [0.1, 0.15) is 0 Å². The van der Waals surface area contributed by atoms with Gasteiger partial charge in [-0.05, 0) is 7.05 Å². The summed E-state index contributed by atoms with van der Waals surface area (Å²) >= 11 is 0. The van der Waals surface area contributed by atoms with Crippen molar-refractivity contribution in [2.75, 3.05) is 46.3 Å². The minimum atomic E-state index is -0.000717. The molecule has 0 aliphatic carbocycles. The number of carbonyl (C=O) groups is 2. The second-order valence-electron chi connectivity index (χ2n) is 4.02. The molecule has 0 aromatic heterocycles. The van der Waals surface area contributed by atoms with Crippen LogP contribution in [-0.2, 0) is 9.59 Å².